The van der Waals surface area contributed by atoms with Crippen LogP contribution in [0.4, 0.5) is 0 Å². The maximum Gasteiger partial charge on any atom is 0.234 e. The number of nitrogens with one attached hydrogen (secondary N) is 1. The van der Waals surface area contributed by atoms with E-state index < -0.39 is 0 Å². The number of rotatable bonds is 4. The van der Waals surface area contributed by atoms with Gasteiger partial charge in [0.2, 0.25) is 5.91 Å². The first-order valence-electron chi connectivity index (χ1n) is 7.92. The fourth-order valence-electron chi connectivity index (χ4n) is 2.80. The lowest BCUT2D eigenvalue weighted by molar-refractivity contribution is -0.123. The van der Waals surface area contributed by atoms with Crippen LogP contribution in [0.5, 0.6) is 0 Å². The Labute approximate surface area is 136 Å². The van der Waals surface area contributed by atoms with E-state index in [4.69, 9.17) is 0 Å². The molecule has 0 bridgehead atoms. The third kappa shape index (κ3) is 5.79. The Morgan fingerprint density at radius 3 is 2.33 bits per heavy atom. The highest BCUT2D eigenvalue weighted by atomic mass is 79.9. The summed E-state index contributed by atoms with van der Waals surface area (Å²) < 4.78 is 1.06. The molecule has 1 aliphatic rings. The van der Waals surface area contributed by atoms with Gasteiger partial charge in [-0.05, 0) is 50.6 Å². The summed E-state index contributed by atoms with van der Waals surface area (Å²) in [6.07, 6.45) is 6.38. The van der Waals surface area contributed by atoms with Crippen molar-refractivity contribution >= 4 is 21.8 Å². The molecule has 0 aliphatic carbocycles. The van der Waals surface area contributed by atoms with E-state index in [-0.39, 0.29) is 11.9 Å². The van der Waals surface area contributed by atoms with Crippen LogP contribution in [0.3, 0.4) is 0 Å². The standard InChI is InChI=1S/C17H25BrN2O/c1-14(15-7-9-16(18)10-8-15)19-17(21)13-20-11-5-3-2-4-6-12-20/h7-10,14H,2-6,11-13H2,1H3,(H,19,21)/t14-/m0/s1. The Bertz CT molecular complexity index is 439. The molecule has 3 nitrogen and oxygen atoms in total. The first-order valence-corrected chi connectivity index (χ1v) is 8.71. The molecule has 0 aromatic heterocycles. The normalized spacial score (nSPS) is 18.6. The molecule has 21 heavy (non-hydrogen) atoms. The predicted molar refractivity (Wildman–Crippen MR) is 90.2 cm³/mol. The third-order valence-electron chi connectivity index (χ3n) is 4.06. The van der Waals surface area contributed by atoms with E-state index in [2.05, 4.69) is 26.1 Å². The molecule has 0 unspecified atom stereocenters. The van der Waals surface area contributed by atoms with Crippen LogP contribution >= 0.6 is 15.9 Å². The zero-order chi connectivity index (χ0) is 15.1. The van der Waals surface area contributed by atoms with Crippen LogP contribution in [0.1, 0.15) is 50.6 Å². The molecule has 0 radical (unpaired) electrons. The second-order valence-corrected chi connectivity index (χ2v) is 6.80. The van der Waals surface area contributed by atoms with E-state index in [0.29, 0.717) is 6.54 Å². The van der Waals surface area contributed by atoms with Crippen LogP contribution in [0.25, 0.3) is 0 Å². The molecule has 1 amide bonds. The van der Waals surface area contributed by atoms with Crippen LogP contribution < -0.4 is 5.32 Å². The SMILES string of the molecule is C[C@H](NC(=O)CN1CCCCCCC1)c1ccc(Br)cc1. The van der Waals surface area contributed by atoms with Gasteiger partial charge in [0.1, 0.15) is 0 Å². The van der Waals surface area contributed by atoms with Gasteiger partial charge in [0.15, 0.2) is 0 Å². The summed E-state index contributed by atoms with van der Waals surface area (Å²) in [6.45, 7) is 4.68. The van der Waals surface area contributed by atoms with Gasteiger partial charge in [0.25, 0.3) is 0 Å². The molecule has 1 saturated heterocycles. The zero-order valence-corrected chi connectivity index (χ0v) is 14.4. The van der Waals surface area contributed by atoms with E-state index in [1.807, 2.05) is 31.2 Å². The number of carbonyl (C=O) groups is 1. The largest absolute Gasteiger partial charge is 0.348 e. The Morgan fingerprint density at radius 2 is 1.71 bits per heavy atom. The molecule has 2 rings (SSSR count). The van der Waals surface area contributed by atoms with Gasteiger partial charge < -0.3 is 5.32 Å². The van der Waals surface area contributed by atoms with Crippen molar-refractivity contribution < 1.29 is 4.79 Å². The summed E-state index contributed by atoms with van der Waals surface area (Å²) in [5, 5.41) is 3.10. The van der Waals surface area contributed by atoms with Crippen LogP contribution in [0, 0.1) is 0 Å². The van der Waals surface area contributed by atoms with Crippen molar-refractivity contribution in [2.45, 2.75) is 45.1 Å². The lowest BCUT2D eigenvalue weighted by atomic mass is 10.1. The fraction of sp³-hybridized carbons (Fsp3) is 0.588. The summed E-state index contributed by atoms with van der Waals surface area (Å²) in [4.78, 5) is 14.5. The van der Waals surface area contributed by atoms with Crippen LogP contribution in [-0.2, 0) is 4.79 Å². The van der Waals surface area contributed by atoms with Gasteiger partial charge in [-0.1, -0.05) is 47.3 Å². The minimum absolute atomic E-state index is 0.0559. The van der Waals surface area contributed by atoms with Crippen molar-refractivity contribution in [1.29, 1.82) is 0 Å². The fourth-order valence-corrected chi connectivity index (χ4v) is 3.06. The van der Waals surface area contributed by atoms with Crippen molar-refractivity contribution in [3.63, 3.8) is 0 Å². The molecular formula is C17H25BrN2O. The summed E-state index contributed by atoms with van der Waals surface area (Å²) in [6, 6.07) is 8.17. The molecule has 1 N–H and O–H groups in total. The Balaban J connectivity index is 1.81. The Hall–Kier alpha value is -0.870. The summed E-state index contributed by atoms with van der Waals surface area (Å²) >= 11 is 3.43. The second kappa shape index (κ2) is 8.54. The molecule has 1 fully saturated rings. The highest BCUT2D eigenvalue weighted by Crippen LogP contribution is 2.16. The predicted octanol–water partition coefficient (Wildman–Crippen LogP) is 3.89. The molecule has 1 aliphatic heterocycles. The van der Waals surface area contributed by atoms with Gasteiger partial charge >= 0.3 is 0 Å². The van der Waals surface area contributed by atoms with E-state index in [0.717, 1.165) is 23.1 Å². The molecule has 4 heteroatoms. The van der Waals surface area contributed by atoms with Gasteiger partial charge in [0.05, 0.1) is 12.6 Å². The Morgan fingerprint density at radius 1 is 1.14 bits per heavy atom. The number of benzene rings is 1. The van der Waals surface area contributed by atoms with Crippen molar-refractivity contribution in [1.82, 2.24) is 10.2 Å². The van der Waals surface area contributed by atoms with Crippen LogP contribution in [-0.4, -0.2) is 30.4 Å². The number of nitrogens with zero attached hydrogens (tertiary/aromatic N) is 1. The topological polar surface area (TPSA) is 32.3 Å². The van der Waals surface area contributed by atoms with E-state index in [1.54, 1.807) is 0 Å². The third-order valence-corrected chi connectivity index (χ3v) is 4.59. The van der Waals surface area contributed by atoms with Crippen molar-refractivity contribution in [2.75, 3.05) is 19.6 Å². The monoisotopic (exact) mass is 352 g/mol. The van der Waals surface area contributed by atoms with Gasteiger partial charge in [-0.3, -0.25) is 9.69 Å². The molecule has 1 aromatic rings. The number of hydrogen-bond donors (Lipinski definition) is 1. The molecule has 0 saturated carbocycles. The second-order valence-electron chi connectivity index (χ2n) is 5.88. The average Bonchev–Trinajstić information content (AvgIpc) is 2.42. The first kappa shape index (κ1) is 16.5. The van der Waals surface area contributed by atoms with E-state index in [1.165, 1.54) is 32.1 Å². The van der Waals surface area contributed by atoms with Crippen molar-refractivity contribution in [3.8, 4) is 0 Å². The number of carbonyl (C=O) groups excluding carboxylic acids is 1. The number of amides is 1. The van der Waals surface area contributed by atoms with Gasteiger partial charge in [-0.2, -0.15) is 0 Å². The van der Waals surface area contributed by atoms with Gasteiger partial charge in [-0.15, -0.1) is 0 Å². The molecule has 1 heterocycles. The first-order chi connectivity index (χ1) is 10.1. The Kier molecular flexibility index (Phi) is 6.71. The highest BCUT2D eigenvalue weighted by Gasteiger charge is 2.14. The quantitative estimate of drug-likeness (QED) is 0.891. The van der Waals surface area contributed by atoms with Crippen LogP contribution in [0.2, 0.25) is 0 Å². The smallest absolute Gasteiger partial charge is 0.234 e. The van der Waals surface area contributed by atoms with Gasteiger partial charge in [-0.25, -0.2) is 0 Å². The highest BCUT2D eigenvalue weighted by molar-refractivity contribution is 9.10. The minimum atomic E-state index is 0.0559. The summed E-state index contributed by atoms with van der Waals surface area (Å²) in [7, 11) is 0. The number of hydrogen-bond acceptors (Lipinski definition) is 2. The van der Waals surface area contributed by atoms with Crippen molar-refractivity contribution in [3.05, 3.63) is 34.3 Å². The zero-order valence-electron chi connectivity index (χ0n) is 12.8. The molecule has 0 spiro atoms. The minimum Gasteiger partial charge on any atom is -0.348 e. The molecule has 116 valence electrons. The summed E-state index contributed by atoms with van der Waals surface area (Å²) in [5.41, 5.74) is 1.14. The molecule has 1 atom stereocenters. The lowest BCUT2D eigenvalue weighted by Crippen LogP contribution is -2.39. The molecular weight excluding hydrogens is 328 g/mol. The maximum absolute atomic E-state index is 12.2. The number of halogens is 1. The van der Waals surface area contributed by atoms with Crippen molar-refractivity contribution in [2.24, 2.45) is 0 Å². The van der Waals surface area contributed by atoms with Crippen LogP contribution in [0.15, 0.2) is 28.7 Å². The number of likely N-dealkylation sites (tertiary alicyclic amines) is 1. The summed E-state index contributed by atoms with van der Waals surface area (Å²) in [5.74, 6) is 0.131. The van der Waals surface area contributed by atoms with E-state index in [9.17, 15) is 4.79 Å². The maximum atomic E-state index is 12.2. The molecule has 1 aromatic carbocycles. The average molecular weight is 353 g/mol. The van der Waals surface area contributed by atoms with E-state index >= 15 is 0 Å². The van der Waals surface area contributed by atoms with Gasteiger partial charge in [0, 0.05) is 4.47 Å². The lowest BCUT2D eigenvalue weighted by Gasteiger charge is -2.24.